The third-order valence-corrected chi connectivity index (χ3v) is 2.05. The quantitative estimate of drug-likeness (QED) is 0.556. The molecule has 16 heavy (non-hydrogen) atoms. The van der Waals surface area contributed by atoms with E-state index >= 15 is 0 Å². The van der Waals surface area contributed by atoms with Crippen LogP contribution in [0.15, 0.2) is 61.0 Å². The number of hydrogen-bond donors (Lipinski definition) is 0. The van der Waals surface area contributed by atoms with E-state index in [0.717, 1.165) is 5.56 Å². The molecular formula is C14H15NO. The number of hydrogen-bond acceptors (Lipinski definition) is 2. The molecule has 0 aliphatic heterocycles. The smallest absolute Gasteiger partial charge is 0.167 e. The Morgan fingerprint density at radius 3 is 2.94 bits per heavy atom. The van der Waals surface area contributed by atoms with Crippen molar-refractivity contribution in [1.29, 1.82) is 0 Å². The Bertz CT molecular complexity index is 416. The standard InChI is InChI=1S/C14H15NO/c1-3-6-13(7-4-2)14(16)10-12-8-5-9-15-11-12/h3-9,11H,1,10H2,2H3/b7-4-,13-6+. The summed E-state index contributed by atoms with van der Waals surface area (Å²) >= 11 is 0. The number of allylic oxidation sites excluding steroid dienone is 5. The first-order chi connectivity index (χ1) is 7.77. The van der Waals surface area contributed by atoms with E-state index in [2.05, 4.69) is 11.6 Å². The zero-order valence-electron chi connectivity index (χ0n) is 9.39. The lowest BCUT2D eigenvalue weighted by molar-refractivity contribution is -0.114. The molecule has 0 amide bonds. The van der Waals surface area contributed by atoms with Crippen LogP contribution in [0.3, 0.4) is 0 Å². The van der Waals surface area contributed by atoms with Crippen LogP contribution < -0.4 is 0 Å². The minimum Gasteiger partial charge on any atom is -0.294 e. The SMILES string of the molecule is C=C/C=C(\C=C/C)C(=O)Cc1cccnc1. The summed E-state index contributed by atoms with van der Waals surface area (Å²) in [4.78, 5) is 15.9. The lowest BCUT2D eigenvalue weighted by Gasteiger charge is -2.01. The Morgan fingerprint density at radius 2 is 2.38 bits per heavy atom. The highest BCUT2D eigenvalue weighted by Crippen LogP contribution is 2.06. The molecule has 0 spiro atoms. The fourth-order valence-electron chi connectivity index (χ4n) is 1.34. The second-order valence-electron chi connectivity index (χ2n) is 3.32. The van der Waals surface area contributed by atoms with Gasteiger partial charge in [-0.05, 0) is 18.6 Å². The molecule has 0 radical (unpaired) electrons. The molecule has 0 aliphatic carbocycles. The molecule has 2 heteroatoms. The van der Waals surface area contributed by atoms with Crippen LogP contribution in [0, 0.1) is 0 Å². The molecule has 1 heterocycles. The first-order valence-electron chi connectivity index (χ1n) is 5.15. The third-order valence-electron chi connectivity index (χ3n) is 2.05. The number of carbonyl (C=O) groups excluding carboxylic acids is 1. The van der Waals surface area contributed by atoms with Crippen molar-refractivity contribution >= 4 is 5.78 Å². The van der Waals surface area contributed by atoms with Crippen molar-refractivity contribution in [1.82, 2.24) is 4.98 Å². The molecule has 0 fully saturated rings. The van der Waals surface area contributed by atoms with Gasteiger partial charge in [-0.1, -0.05) is 36.9 Å². The molecule has 0 N–H and O–H groups in total. The zero-order chi connectivity index (χ0) is 11.8. The summed E-state index contributed by atoms with van der Waals surface area (Å²) in [5.41, 5.74) is 1.59. The summed E-state index contributed by atoms with van der Waals surface area (Å²) in [5.74, 6) is 0.0750. The average Bonchev–Trinajstić information content (AvgIpc) is 2.30. The maximum absolute atomic E-state index is 11.9. The lowest BCUT2D eigenvalue weighted by Crippen LogP contribution is -2.05. The highest BCUT2D eigenvalue weighted by molar-refractivity contribution is 5.99. The van der Waals surface area contributed by atoms with E-state index in [1.165, 1.54) is 0 Å². The number of aromatic nitrogens is 1. The number of nitrogens with zero attached hydrogens (tertiary/aromatic N) is 1. The Balaban J connectivity index is 2.78. The van der Waals surface area contributed by atoms with Crippen LogP contribution in [0.2, 0.25) is 0 Å². The second kappa shape index (κ2) is 6.51. The van der Waals surface area contributed by atoms with Crippen LogP contribution in [0.25, 0.3) is 0 Å². The van der Waals surface area contributed by atoms with Crippen molar-refractivity contribution in [2.45, 2.75) is 13.3 Å². The van der Waals surface area contributed by atoms with Crippen LogP contribution in [0.4, 0.5) is 0 Å². The van der Waals surface area contributed by atoms with Gasteiger partial charge in [-0.25, -0.2) is 0 Å². The topological polar surface area (TPSA) is 30.0 Å². The largest absolute Gasteiger partial charge is 0.294 e. The molecule has 0 aliphatic rings. The van der Waals surface area contributed by atoms with Gasteiger partial charge in [0.1, 0.15) is 0 Å². The number of ketones is 1. The first kappa shape index (κ1) is 12.1. The van der Waals surface area contributed by atoms with Gasteiger partial charge in [0.25, 0.3) is 0 Å². The van der Waals surface area contributed by atoms with Gasteiger partial charge in [0, 0.05) is 24.4 Å². The van der Waals surface area contributed by atoms with E-state index < -0.39 is 0 Å². The van der Waals surface area contributed by atoms with Gasteiger partial charge >= 0.3 is 0 Å². The van der Waals surface area contributed by atoms with E-state index in [1.54, 1.807) is 30.6 Å². The Hall–Kier alpha value is -1.96. The number of carbonyl (C=O) groups is 1. The second-order valence-corrected chi connectivity index (χ2v) is 3.32. The molecule has 0 unspecified atom stereocenters. The fraction of sp³-hybridized carbons (Fsp3) is 0.143. The van der Waals surface area contributed by atoms with Crippen molar-refractivity contribution in [2.24, 2.45) is 0 Å². The Morgan fingerprint density at radius 1 is 1.56 bits per heavy atom. The molecule has 1 aromatic rings. The van der Waals surface area contributed by atoms with E-state index in [-0.39, 0.29) is 5.78 Å². The molecular weight excluding hydrogens is 198 g/mol. The molecule has 0 atom stereocenters. The Labute approximate surface area is 96.0 Å². The van der Waals surface area contributed by atoms with Gasteiger partial charge in [0.2, 0.25) is 0 Å². The summed E-state index contributed by atoms with van der Waals surface area (Å²) in [6.45, 7) is 5.48. The minimum absolute atomic E-state index is 0.0750. The molecule has 82 valence electrons. The highest BCUT2D eigenvalue weighted by Gasteiger charge is 2.06. The number of Topliss-reactive ketones (excluding diaryl/α,β-unsaturated/α-hetero) is 1. The molecule has 2 nitrogen and oxygen atoms in total. The van der Waals surface area contributed by atoms with Crippen LogP contribution >= 0.6 is 0 Å². The number of pyridine rings is 1. The van der Waals surface area contributed by atoms with Crippen molar-refractivity contribution in [3.05, 3.63) is 66.5 Å². The summed E-state index contributed by atoms with van der Waals surface area (Å²) in [7, 11) is 0. The van der Waals surface area contributed by atoms with E-state index in [4.69, 9.17) is 0 Å². The maximum Gasteiger partial charge on any atom is 0.167 e. The predicted molar refractivity (Wildman–Crippen MR) is 66.0 cm³/mol. The van der Waals surface area contributed by atoms with E-state index in [1.807, 2.05) is 25.1 Å². The summed E-state index contributed by atoms with van der Waals surface area (Å²) < 4.78 is 0. The van der Waals surface area contributed by atoms with Gasteiger partial charge in [-0.2, -0.15) is 0 Å². The summed E-state index contributed by atoms with van der Waals surface area (Å²) in [6, 6.07) is 3.72. The van der Waals surface area contributed by atoms with Crippen molar-refractivity contribution in [2.75, 3.05) is 0 Å². The minimum atomic E-state index is 0.0750. The Kier molecular flexibility index (Phi) is 4.93. The van der Waals surface area contributed by atoms with Gasteiger partial charge in [-0.3, -0.25) is 9.78 Å². The van der Waals surface area contributed by atoms with Crippen molar-refractivity contribution in [3.8, 4) is 0 Å². The average molecular weight is 213 g/mol. The van der Waals surface area contributed by atoms with Gasteiger partial charge in [-0.15, -0.1) is 0 Å². The summed E-state index contributed by atoms with van der Waals surface area (Å²) in [5, 5.41) is 0. The highest BCUT2D eigenvalue weighted by atomic mass is 16.1. The molecule has 0 aromatic carbocycles. The van der Waals surface area contributed by atoms with Crippen LogP contribution in [-0.4, -0.2) is 10.8 Å². The van der Waals surface area contributed by atoms with Gasteiger partial charge < -0.3 is 0 Å². The van der Waals surface area contributed by atoms with Crippen LogP contribution in [0.1, 0.15) is 12.5 Å². The van der Waals surface area contributed by atoms with Gasteiger partial charge in [0.15, 0.2) is 5.78 Å². The normalized spacial score (nSPS) is 11.7. The summed E-state index contributed by atoms with van der Waals surface area (Å²) in [6.07, 6.45) is 10.8. The molecule has 1 aromatic heterocycles. The fourth-order valence-corrected chi connectivity index (χ4v) is 1.34. The van der Waals surface area contributed by atoms with Crippen LogP contribution in [-0.2, 0) is 11.2 Å². The van der Waals surface area contributed by atoms with Crippen molar-refractivity contribution < 1.29 is 4.79 Å². The maximum atomic E-state index is 11.9. The van der Waals surface area contributed by atoms with E-state index in [9.17, 15) is 4.79 Å². The molecule has 0 saturated carbocycles. The van der Waals surface area contributed by atoms with Crippen LogP contribution in [0.5, 0.6) is 0 Å². The molecule has 0 bridgehead atoms. The first-order valence-corrected chi connectivity index (χ1v) is 5.15. The number of rotatable bonds is 5. The van der Waals surface area contributed by atoms with Crippen molar-refractivity contribution in [3.63, 3.8) is 0 Å². The van der Waals surface area contributed by atoms with E-state index in [0.29, 0.717) is 12.0 Å². The molecule has 0 saturated heterocycles. The third kappa shape index (κ3) is 3.65. The monoisotopic (exact) mass is 213 g/mol. The lowest BCUT2D eigenvalue weighted by atomic mass is 10.0. The molecule has 1 rings (SSSR count). The predicted octanol–water partition coefficient (Wildman–Crippen LogP) is 2.88. The zero-order valence-corrected chi connectivity index (χ0v) is 9.39. The van der Waals surface area contributed by atoms with Gasteiger partial charge in [0.05, 0.1) is 0 Å².